The molecule has 0 saturated heterocycles. The first-order chi connectivity index (χ1) is 37.1. The van der Waals surface area contributed by atoms with Crippen LogP contribution in [-0.4, -0.2) is 136 Å². The summed E-state index contributed by atoms with van der Waals surface area (Å²) in [4.78, 5) is 74.6. The van der Waals surface area contributed by atoms with E-state index < -0.39 is 72.1 Å². The summed E-state index contributed by atoms with van der Waals surface area (Å²) >= 11 is 0. The van der Waals surface area contributed by atoms with Crippen molar-refractivity contribution in [2.75, 3.05) is 39.3 Å². The minimum atomic E-state index is -1.60. The van der Waals surface area contributed by atoms with E-state index in [1.54, 1.807) is 0 Å². The van der Waals surface area contributed by atoms with E-state index in [0.717, 1.165) is 14.7 Å². The summed E-state index contributed by atoms with van der Waals surface area (Å²) < 4.78 is 0. The van der Waals surface area contributed by atoms with Crippen LogP contribution in [0.2, 0.25) is 0 Å². The number of nitrogens with two attached hydrogens (primary N) is 3. The fourth-order valence-corrected chi connectivity index (χ4v) is 8.67. The van der Waals surface area contributed by atoms with Gasteiger partial charge in [0.2, 0.25) is 0 Å². The minimum absolute atomic E-state index is 0. The van der Waals surface area contributed by atoms with E-state index in [4.69, 9.17) is 17.2 Å². The summed E-state index contributed by atoms with van der Waals surface area (Å²) in [5.74, 6) is -10.7. The van der Waals surface area contributed by atoms with Crippen LogP contribution in [0, 0.1) is 0 Å². The molecule has 0 aromatic heterocycles. The van der Waals surface area contributed by atoms with E-state index in [1.807, 2.05) is 0 Å². The summed E-state index contributed by atoms with van der Waals surface area (Å²) in [7, 11) is 0. The minimum Gasteiger partial charge on any atom is -0.548 e. The van der Waals surface area contributed by atoms with Gasteiger partial charge in [-0.2, -0.15) is 0 Å². The molecule has 79 heavy (non-hydrogen) atoms. The Balaban J connectivity index is 0.000000309. The van der Waals surface area contributed by atoms with Crippen molar-refractivity contribution < 1.29 is 107 Å². The Morgan fingerprint density at radius 2 is 0.481 bits per heavy atom. The van der Waals surface area contributed by atoms with Crippen LogP contribution in [0.25, 0.3) is 0 Å². The molecule has 6 aromatic carbocycles. The Morgan fingerprint density at radius 1 is 0.329 bits per heavy atom. The van der Waals surface area contributed by atoms with Crippen LogP contribution in [0.15, 0.2) is 146 Å². The van der Waals surface area contributed by atoms with Crippen molar-refractivity contribution in [3.05, 3.63) is 179 Å². The summed E-state index contributed by atoms with van der Waals surface area (Å²) in [6.07, 6.45) is 0. The second kappa shape index (κ2) is 30.8. The van der Waals surface area contributed by atoms with Gasteiger partial charge in [-0.3, -0.25) is 29.1 Å². The van der Waals surface area contributed by atoms with Crippen LogP contribution < -0.4 is 32.5 Å². The fourth-order valence-electron chi connectivity index (χ4n) is 8.67. The Morgan fingerprint density at radius 3 is 0.608 bits per heavy atom. The van der Waals surface area contributed by atoms with Crippen molar-refractivity contribution in [3.63, 3.8) is 0 Å². The van der Waals surface area contributed by atoms with E-state index >= 15 is 0 Å². The van der Waals surface area contributed by atoms with Gasteiger partial charge in [0.1, 0.15) is 52.6 Å². The first-order valence-corrected chi connectivity index (χ1v) is 23.5. The molecule has 6 rings (SSSR count). The Bertz CT molecular complexity index is 2520. The monoisotopic (exact) mass is 1130 g/mol. The maximum Gasteiger partial charge on any atom is 3.00 e. The molecule has 24 nitrogen and oxygen atoms in total. The number of carboxylic acid groups (broad SMARTS) is 6. The third-order valence-corrected chi connectivity index (χ3v) is 11.9. The summed E-state index contributed by atoms with van der Waals surface area (Å²) in [6, 6.07) is 25.0. The van der Waals surface area contributed by atoms with Crippen molar-refractivity contribution in [2.45, 2.75) is 36.3 Å². The Labute approximate surface area is 462 Å². The van der Waals surface area contributed by atoms with Crippen LogP contribution in [0.3, 0.4) is 0 Å². The molecule has 6 aromatic rings. The number of phenols is 6. The predicted octanol–water partition coefficient (Wildman–Crippen LogP) is -0.0763. The zero-order valence-corrected chi connectivity index (χ0v) is 42.8. The van der Waals surface area contributed by atoms with Gasteiger partial charge in [0.25, 0.3) is 0 Å². The molecular weight excluding hydrogens is 1080 g/mol. The summed E-state index contributed by atoms with van der Waals surface area (Å²) in [5, 5.41) is 125. The number of carbonyl (C=O) groups is 6. The number of carboxylic acids is 6. The second-order valence-corrected chi connectivity index (χ2v) is 16.8. The molecule has 25 heteroatoms. The number of carbonyl (C=O) groups excluding carboxylic acids is 3. The van der Waals surface area contributed by atoms with E-state index in [2.05, 4.69) is 0 Å². The van der Waals surface area contributed by atoms with Crippen LogP contribution in [0.1, 0.15) is 69.6 Å². The molecule has 0 heterocycles. The Hall–Kier alpha value is -8.78. The van der Waals surface area contributed by atoms with Gasteiger partial charge in [0.05, 0.1) is 36.0 Å². The fraction of sp³-hybridized carbons (Fsp3) is 0.222. The van der Waals surface area contributed by atoms with Gasteiger partial charge in [-0.1, -0.05) is 109 Å². The smallest absolute Gasteiger partial charge is 0.548 e. The molecule has 0 amide bonds. The molecule has 0 spiro atoms. The largest absolute Gasteiger partial charge is 3.00 e. The zero-order chi connectivity index (χ0) is 57.8. The third-order valence-electron chi connectivity index (χ3n) is 11.9. The quantitative estimate of drug-likeness (QED) is 0.0353. The number of phenolic OH excluding ortho intramolecular Hbond substituents is 6. The standard InChI is InChI=1S/3C18H20N2O6.Fe/c3*19-9-10-20(15(17(23)24)11-5-1-3-7-13(11)21)16(18(25)26)12-6-2-4-8-14(12)22;/h3*1-8,15-16,21-22H,9-10,19H2,(H,23,24)(H,25,26);/q;;;+3/p-3. The van der Waals surface area contributed by atoms with Crippen molar-refractivity contribution in [1.82, 2.24) is 14.7 Å². The Kier molecular flexibility index (Phi) is 25.2. The zero-order valence-electron chi connectivity index (χ0n) is 41.7. The normalized spacial score (nSPS) is 13.1. The van der Waals surface area contributed by atoms with E-state index in [0.29, 0.717) is 0 Å². The van der Waals surface area contributed by atoms with Gasteiger partial charge in [-0.05, 0) is 36.4 Å². The number of benzene rings is 6. The number of hydrogen-bond acceptors (Lipinski definition) is 21. The number of para-hydroxylation sites is 6. The first kappa shape index (κ1) is 64.5. The molecule has 0 aliphatic rings. The molecule has 1 radical (unpaired) electrons. The van der Waals surface area contributed by atoms with Gasteiger partial charge in [0.15, 0.2) is 0 Å². The molecule has 0 aliphatic heterocycles. The van der Waals surface area contributed by atoms with E-state index in [1.165, 1.54) is 146 Å². The maximum atomic E-state index is 11.9. The summed E-state index contributed by atoms with van der Waals surface area (Å²) in [5.41, 5.74) is 16.6. The predicted molar refractivity (Wildman–Crippen MR) is 270 cm³/mol. The molecule has 0 fully saturated rings. The van der Waals surface area contributed by atoms with Crippen LogP contribution >= 0.6 is 0 Å². The van der Waals surface area contributed by atoms with Crippen LogP contribution in [-0.2, 0) is 45.8 Å². The average Bonchev–Trinajstić information content (AvgIpc) is 3.42. The molecule has 0 saturated carbocycles. The van der Waals surface area contributed by atoms with Gasteiger partial charge in [-0.25, -0.2) is 0 Å². The van der Waals surface area contributed by atoms with Crippen LogP contribution in [0.5, 0.6) is 34.5 Å². The molecule has 15 N–H and O–H groups in total. The summed E-state index contributed by atoms with van der Waals surface area (Å²) in [6.45, 7) is -0.521. The molecule has 419 valence electrons. The average molecular weight is 1130 g/mol. The number of hydrogen-bond donors (Lipinski definition) is 12. The van der Waals surface area contributed by atoms with Gasteiger partial charge < -0.3 is 92.9 Å². The molecule has 6 unspecified atom stereocenters. The first-order valence-electron chi connectivity index (χ1n) is 23.5. The van der Waals surface area contributed by atoms with Crippen molar-refractivity contribution in [2.24, 2.45) is 17.2 Å². The number of nitrogens with zero attached hydrogens (tertiary/aromatic N) is 3. The van der Waals surface area contributed by atoms with Gasteiger partial charge in [0, 0.05) is 72.6 Å². The molecule has 6 atom stereocenters. The number of rotatable bonds is 24. The van der Waals surface area contributed by atoms with E-state index in [9.17, 15) is 90.0 Å². The number of aliphatic carboxylic acids is 6. The molecule has 0 bridgehead atoms. The number of aromatic hydroxyl groups is 6. The van der Waals surface area contributed by atoms with Gasteiger partial charge >= 0.3 is 35.0 Å². The topological polar surface area (TPSA) is 441 Å². The third kappa shape index (κ3) is 16.4. The molecular formula is C54H57FeN6O18. The van der Waals surface area contributed by atoms with Gasteiger partial charge in [-0.15, -0.1) is 0 Å². The molecule has 0 aliphatic carbocycles. The SMILES string of the molecule is NCCN(C(C(=O)[O-])c1ccccc1O)C(C(=O)O)c1ccccc1O.NCCN(C(C(=O)[O-])c1ccccc1O)C(C(=O)O)c1ccccc1O.NCCN(C(C(=O)[O-])c1ccccc1O)C(C(=O)O)c1ccccc1O.[Fe+3]. The van der Waals surface area contributed by atoms with E-state index in [-0.39, 0.29) is 124 Å². The van der Waals surface area contributed by atoms with Crippen molar-refractivity contribution >= 4 is 35.8 Å². The van der Waals surface area contributed by atoms with Crippen molar-refractivity contribution in [3.8, 4) is 34.5 Å². The van der Waals surface area contributed by atoms with Crippen molar-refractivity contribution in [1.29, 1.82) is 0 Å². The van der Waals surface area contributed by atoms with Crippen LogP contribution in [0.4, 0.5) is 0 Å². The second-order valence-electron chi connectivity index (χ2n) is 16.8. The maximum absolute atomic E-state index is 11.9.